The molecule has 0 atom stereocenters. The molecule has 1 rings (SSSR count). The zero-order valence-corrected chi connectivity index (χ0v) is 7.84. The van der Waals surface area contributed by atoms with E-state index in [0.29, 0.717) is 17.9 Å². The molecule has 0 aromatic heterocycles. The van der Waals surface area contributed by atoms with Crippen LogP contribution in [0.1, 0.15) is 5.56 Å². The normalized spacial score (nSPS) is 10.2. The van der Waals surface area contributed by atoms with Crippen molar-refractivity contribution in [1.82, 2.24) is 0 Å². The summed E-state index contributed by atoms with van der Waals surface area (Å²) >= 11 is 0. The Hall–Kier alpha value is -1.29. The predicted molar refractivity (Wildman–Crippen MR) is 53.0 cm³/mol. The largest absolute Gasteiger partial charge is 0.398 e. The molecule has 0 spiro atoms. The van der Waals surface area contributed by atoms with Crippen molar-refractivity contribution in [2.75, 3.05) is 24.7 Å². The zero-order valence-electron chi connectivity index (χ0n) is 7.84. The van der Waals surface area contributed by atoms with Gasteiger partial charge in [-0.25, -0.2) is 4.39 Å². The van der Waals surface area contributed by atoms with Crippen LogP contribution in [0.4, 0.5) is 15.8 Å². The van der Waals surface area contributed by atoms with Crippen molar-refractivity contribution in [1.29, 1.82) is 0 Å². The first kappa shape index (κ1) is 9.80. The van der Waals surface area contributed by atoms with Gasteiger partial charge in [-0.1, -0.05) is 0 Å². The van der Waals surface area contributed by atoms with Gasteiger partial charge in [-0.2, -0.15) is 0 Å². The van der Waals surface area contributed by atoms with Crippen LogP contribution in [-0.4, -0.2) is 14.1 Å². The Morgan fingerprint density at radius 1 is 1.38 bits per heavy atom. The molecule has 0 saturated carbocycles. The quantitative estimate of drug-likeness (QED) is 0.671. The molecular weight excluding hydrogens is 169 g/mol. The Kier molecular flexibility index (Phi) is 2.72. The van der Waals surface area contributed by atoms with Crippen molar-refractivity contribution < 1.29 is 4.39 Å². The van der Waals surface area contributed by atoms with E-state index < -0.39 is 0 Å². The standard InChI is InChI=1S/C9H14FN3/c1-13(2)9-3-6(5-11)8(12)4-7(9)10/h3-4H,5,11-12H2,1-2H3. The van der Waals surface area contributed by atoms with Crippen molar-refractivity contribution in [3.63, 3.8) is 0 Å². The van der Waals surface area contributed by atoms with E-state index in [9.17, 15) is 4.39 Å². The zero-order chi connectivity index (χ0) is 10.0. The fourth-order valence-corrected chi connectivity index (χ4v) is 1.14. The highest BCUT2D eigenvalue weighted by Crippen LogP contribution is 2.23. The van der Waals surface area contributed by atoms with Crippen molar-refractivity contribution in [2.24, 2.45) is 5.73 Å². The van der Waals surface area contributed by atoms with Gasteiger partial charge in [0.05, 0.1) is 5.69 Å². The molecular formula is C9H14FN3. The summed E-state index contributed by atoms with van der Waals surface area (Å²) in [5, 5.41) is 0. The Morgan fingerprint density at radius 2 is 2.00 bits per heavy atom. The van der Waals surface area contributed by atoms with Gasteiger partial charge in [0.15, 0.2) is 0 Å². The third-order valence-electron chi connectivity index (χ3n) is 1.91. The molecule has 4 N–H and O–H groups in total. The smallest absolute Gasteiger partial charge is 0.148 e. The molecule has 3 nitrogen and oxygen atoms in total. The number of halogens is 1. The molecule has 0 aliphatic rings. The molecule has 4 heteroatoms. The molecule has 13 heavy (non-hydrogen) atoms. The second kappa shape index (κ2) is 3.62. The monoisotopic (exact) mass is 183 g/mol. The number of rotatable bonds is 2. The average molecular weight is 183 g/mol. The van der Waals surface area contributed by atoms with E-state index in [1.54, 1.807) is 25.1 Å². The second-order valence-electron chi connectivity index (χ2n) is 3.10. The molecule has 0 unspecified atom stereocenters. The van der Waals surface area contributed by atoms with E-state index in [1.807, 2.05) is 0 Å². The lowest BCUT2D eigenvalue weighted by atomic mass is 10.1. The number of anilines is 2. The van der Waals surface area contributed by atoms with Crippen molar-refractivity contribution in [2.45, 2.75) is 6.54 Å². The number of hydrogen-bond acceptors (Lipinski definition) is 3. The lowest BCUT2D eigenvalue weighted by molar-refractivity contribution is 0.626. The summed E-state index contributed by atoms with van der Waals surface area (Å²) in [5.74, 6) is -0.320. The summed E-state index contributed by atoms with van der Waals surface area (Å²) in [4.78, 5) is 1.69. The summed E-state index contributed by atoms with van der Waals surface area (Å²) in [6.45, 7) is 0.326. The highest BCUT2D eigenvalue weighted by Gasteiger charge is 2.07. The maximum atomic E-state index is 13.3. The molecule has 0 aliphatic carbocycles. The topological polar surface area (TPSA) is 55.3 Å². The van der Waals surface area contributed by atoms with Gasteiger partial charge >= 0.3 is 0 Å². The van der Waals surface area contributed by atoms with Gasteiger partial charge in [0, 0.05) is 26.3 Å². The summed E-state index contributed by atoms with van der Waals surface area (Å²) in [7, 11) is 3.55. The van der Waals surface area contributed by atoms with E-state index in [2.05, 4.69) is 0 Å². The van der Waals surface area contributed by atoms with E-state index >= 15 is 0 Å². The Bertz CT molecular complexity index is 310. The molecule has 0 radical (unpaired) electrons. The van der Waals surface area contributed by atoms with Gasteiger partial charge in [-0.3, -0.25) is 0 Å². The maximum absolute atomic E-state index is 13.3. The molecule has 1 aromatic carbocycles. The number of benzene rings is 1. The van der Waals surface area contributed by atoms with E-state index in [1.165, 1.54) is 6.07 Å². The average Bonchev–Trinajstić information content (AvgIpc) is 2.03. The lowest BCUT2D eigenvalue weighted by Crippen LogP contribution is -2.13. The number of nitrogens with zero attached hydrogens (tertiary/aromatic N) is 1. The summed E-state index contributed by atoms with van der Waals surface area (Å²) in [6, 6.07) is 2.97. The van der Waals surface area contributed by atoms with Crippen LogP contribution in [-0.2, 0) is 6.54 Å². The summed E-state index contributed by atoms with van der Waals surface area (Å²) in [5.41, 5.74) is 12.7. The molecule has 0 fully saturated rings. The van der Waals surface area contributed by atoms with Crippen LogP contribution in [0, 0.1) is 5.82 Å². The van der Waals surface area contributed by atoms with Crippen LogP contribution in [0.3, 0.4) is 0 Å². The summed E-state index contributed by atoms with van der Waals surface area (Å²) < 4.78 is 13.3. The fraction of sp³-hybridized carbons (Fsp3) is 0.333. The molecule has 0 saturated heterocycles. The van der Waals surface area contributed by atoms with E-state index in [-0.39, 0.29) is 5.82 Å². The van der Waals surface area contributed by atoms with Crippen molar-refractivity contribution >= 4 is 11.4 Å². The molecule has 1 aromatic rings. The minimum Gasteiger partial charge on any atom is -0.398 e. The van der Waals surface area contributed by atoms with Gasteiger partial charge in [0.2, 0.25) is 0 Å². The number of nitrogen functional groups attached to an aromatic ring is 1. The van der Waals surface area contributed by atoms with Crippen LogP contribution in [0.15, 0.2) is 12.1 Å². The van der Waals surface area contributed by atoms with Crippen LogP contribution in [0.2, 0.25) is 0 Å². The van der Waals surface area contributed by atoms with E-state index in [0.717, 1.165) is 5.56 Å². The third kappa shape index (κ3) is 1.89. The Balaban J connectivity index is 3.22. The first-order valence-corrected chi connectivity index (χ1v) is 4.01. The van der Waals surface area contributed by atoms with Crippen molar-refractivity contribution in [3.8, 4) is 0 Å². The Morgan fingerprint density at radius 3 is 2.46 bits per heavy atom. The third-order valence-corrected chi connectivity index (χ3v) is 1.91. The maximum Gasteiger partial charge on any atom is 0.148 e. The van der Waals surface area contributed by atoms with Gasteiger partial charge in [0.25, 0.3) is 0 Å². The molecule has 0 bridgehead atoms. The number of nitrogens with two attached hydrogens (primary N) is 2. The minimum atomic E-state index is -0.320. The highest BCUT2D eigenvalue weighted by molar-refractivity contribution is 5.58. The fourth-order valence-electron chi connectivity index (χ4n) is 1.14. The first-order valence-electron chi connectivity index (χ1n) is 4.01. The Labute approximate surface area is 77.1 Å². The highest BCUT2D eigenvalue weighted by atomic mass is 19.1. The molecule has 72 valence electrons. The number of hydrogen-bond donors (Lipinski definition) is 2. The summed E-state index contributed by atoms with van der Waals surface area (Å²) in [6.07, 6.45) is 0. The van der Waals surface area contributed by atoms with E-state index in [4.69, 9.17) is 11.5 Å². The predicted octanol–water partition coefficient (Wildman–Crippen LogP) is 0.933. The van der Waals surface area contributed by atoms with Gasteiger partial charge in [0.1, 0.15) is 5.82 Å². The second-order valence-corrected chi connectivity index (χ2v) is 3.10. The van der Waals surface area contributed by atoms with Crippen molar-refractivity contribution in [3.05, 3.63) is 23.5 Å². The lowest BCUT2D eigenvalue weighted by Gasteiger charge is -2.15. The van der Waals surface area contributed by atoms with Crippen LogP contribution < -0.4 is 16.4 Å². The molecule has 0 heterocycles. The van der Waals surface area contributed by atoms with Crippen LogP contribution in [0.25, 0.3) is 0 Å². The van der Waals surface area contributed by atoms with Gasteiger partial charge < -0.3 is 16.4 Å². The van der Waals surface area contributed by atoms with Gasteiger partial charge in [-0.05, 0) is 17.7 Å². The van der Waals surface area contributed by atoms with Gasteiger partial charge in [-0.15, -0.1) is 0 Å². The molecule has 0 aliphatic heterocycles. The molecule has 0 amide bonds. The van der Waals surface area contributed by atoms with Crippen LogP contribution >= 0.6 is 0 Å². The minimum absolute atomic E-state index is 0.320. The SMILES string of the molecule is CN(C)c1cc(CN)c(N)cc1F. The first-order chi connectivity index (χ1) is 6.06. The van der Waals surface area contributed by atoms with Crippen LogP contribution in [0.5, 0.6) is 0 Å².